The molecule has 0 spiro atoms. The molecule has 1 aromatic carbocycles. The largest absolute Gasteiger partial charge is 0.350 e. The van der Waals surface area contributed by atoms with Crippen molar-refractivity contribution < 1.29 is 4.79 Å². The lowest BCUT2D eigenvalue weighted by atomic mass is 10.1. The highest BCUT2D eigenvalue weighted by molar-refractivity contribution is 5.78. The standard InChI is InChI=1S/C18H21N5O2/c1-12-7-5-6-8-14(12)23-16-13(9-20-23)17(25)22(11-19-16)10-15(24)21-18(2,3)4/h5-9,11H,10H2,1-4H3,(H,21,24). The number of benzene rings is 1. The molecule has 0 radical (unpaired) electrons. The van der Waals surface area contributed by atoms with Crippen molar-refractivity contribution in [3.63, 3.8) is 0 Å². The van der Waals surface area contributed by atoms with Crippen LogP contribution in [0.25, 0.3) is 16.7 Å². The molecule has 0 aliphatic rings. The number of amides is 1. The lowest BCUT2D eigenvalue weighted by Crippen LogP contribution is -2.43. The summed E-state index contributed by atoms with van der Waals surface area (Å²) in [6.45, 7) is 7.57. The van der Waals surface area contributed by atoms with Crippen LogP contribution in [-0.4, -0.2) is 30.8 Å². The molecule has 25 heavy (non-hydrogen) atoms. The number of para-hydroxylation sites is 1. The van der Waals surface area contributed by atoms with Crippen LogP contribution in [-0.2, 0) is 11.3 Å². The van der Waals surface area contributed by atoms with Crippen LogP contribution in [0.1, 0.15) is 26.3 Å². The van der Waals surface area contributed by atoms with E-state index in [4.69, 9.17) is 0 Å². The van der Waals surface area contributed by atoms with E-state index in [0.29, 0.717) is 11.0 Å². The minimum atomic E-state index is -0.353. The molecule has 7 nitrogen and oxygen atoms in total. The van der Waals surface area contributed by atoms with Gasteiger partial charge >= 0.3 is 0 Å². The summed E-state index contributed by atoms with van der Waals surface area (Å²) in [5, 5.41) is 7.52. The molecule has 0 bridgehead atoms. The minimum Gasteiger partial charge on any atom is -0.350 e. The van der Waals surface area contributed by atoms with Gasteiger partial charge in [0.15, 0.2) is 5.65 Å². The highest BCUT2D eigenvalue weighted by Gasteiger charge is 2.17. The van der Waals surface area contributed by atoms with Gasteiger partial charge in [0.1, 0.15) is 18.3 Å². The normalized spacial score (nSPS) is 11.7. The van der Waals surface area contributed by atoms with Gasteiger partial charge in [-0.25, -0.2) is 9.67 Å². The Morgan fingerprint density at radius 1 is 1.24 bits per heavy atom. The average Bonchev–Trinajstić information content (AvgIpc) is 2.93. The maximum atomic E-state index is 12.6. The van der Waals surface area contributed by atoms with E-state index in [2.05, 4.69) is 15.4 Å². The molecule has 0 atom stereocenters. The van der Waals surface area contributed by atoms with E-state index in [1.54, 1.807) is 4.68 Å². The Morgan fingerprint density at radius 2 is 1.96 bits per heavy atom. The van der Waals surface area contributed by atoms with Crippen molar-refractivity contribution >= 4 is 16.9 Å². The van der Waals surface area contributed by atoms with Gasteiger partial charge in [-0.05, 0) is 39.3 Å². The molecular weight excluding hydrogens is 318 g/mol. The molecule has 3 rings (SSSR count). The Hall–Kier alpha value is -2.96. The first kappa shape index (κ1) is 16.9. The highest BCUT2D eigenvalue weighted by Crippen LogP contribution is 2.16. The van der Waals surface area contributed by atoms with Crippen LogP contribution in [0.3, 0.4) is 0 Å². The van der Waals surface area contributed by atoms with Crippen LogP contribution in [0.5, 0.6) is 0 Å². The number of rotatable bonds is 3. The smallest absolute Gasteiger partial charge is 0.264 e. The van der Waals surface area contributed by atoms with Gasteiger partial charge in [0.2, 0.25) is 5.91 Å². The minimum absolute atomic E-state index is 0.0748. The third-order valence-electron chi connectivity index (χ3n) is 3.73. The summed E-state index contributed by atoms with van der Waals surface area (Å²) < 4.78 is 2.94. The number of aromatic nitrogens is 4. The SMILES string of the molecule is Cc1ccccc1-n1ncc2c(=O)n(CC(=O)NC(C)(C)C)cnc21. The van der Waals surface area contributed by atoms with Crippen LogP contribution < -0.4 is 10.9 Å². The van der Waals surface area contributed by atoms with Crippen molar-refractivity contribution in [3.05, 3.63) is 52.7 Å². The van der Waals surface area contributed by atoms with Crippen molar-refractivity contribution in [2.24, 2.45) is 0 Å². The Labute approximate surface area is 145 Å². The predicted octanol–water partition coefficient (Wildman–Crippen LogP) is 1.81. The van der Waals surface area contributed by atoms with Crippen molar-refractivity contribution in [2.45, 2.75) is 39.8 Å². The molecule has 1 N–H and O–H groups in total. The van der Waals surface area contributed by atoms with Crippen LogP contribution in [0, 0.1) is 6.92 Å². The first-order valence-corrected chi connectivity index (χ1v) is 8.06. The fourth-order valence-electron chi connectivity index (χ4n) is 2.65. The number of hydrogen-bond acceptors (Lipinski definition) is 4. The summed E-state index contributed by atoms with van der Waals surface area (Å²) >= 11 is 0. The van der Waals surface area contributed by atoms with Gasteiger partial charge in [-0.1, -0.05) is 18.2 Å². The average molecular weight is 339 g/mol. The quantitative estimate of drug-likeness (QED) is 0.789. The van der Waals surface area contributed by atoms with Gasteiger partial charge in [-0.2, -0.15) is 5.10 Å². The molecule has 3 aromatic rings. The van der Waals surface area contributed by atoms with E-state index in [0.717, 1.165) is 11.3 Å². The van der Waals surface area contributed by atoms with Crippen LogP contribution >= 0.6 is 0 Å². The molecule has 0 saturated heterocycles. The first-order valence-electron chi connectivity index (χ1n) is 8.06. The zero-order valence-corrected chi connectivity index (χ0v) is 14.8. The van der Waals surface area contributed by atoms with Crippen molar-refractivity contribution in [1.29, 1.82) is 0 Å². The van der Waals surface area contributed by atoms with E-state index in [9.17, 15) is 9.59 Å². The van der Waals surface area contributed by atoms with E-state index >= 15 is 0 Å². The summed E-state index contributed by atoms with van der Waals surface area (Å²) in [6, 6.07) is 7.75. The Balaban J connectivity index is 1.99. The Kier molecular flexibility index (Phi) is 4.16. The van der Waals surface area contributed by atoms with Gasteiger partial charge in [-0.15, -0.1) is 0 Å². The van der Waals surface area contributed by atoms with E-state index in [1.165, 1.54) is 17.1 Å². The van der Waals surface area contributed by atoms with Crippen molar-refractivity contribution in [2.75, 3.05) is 0 Å². The molecule has 0 unspecified atom stereocenters. The van der Waals surface area contributed by atoms with Gasteiger partial charge in [0, 0.05) is 5.54 Å². The number of aryl methyl sites for hydroxylation is 1. The van der Waals surface area contributed by atoms with Crippen LogP contribution in [0.15, 0.2) is 41.6 Å². The second-order valence-electron chi connectivity index (χ2n) is 7.06. The van der Waals surface area contributed by atoms with Crippen LogP contribution in [0.2, 0.25) is 0 Å². The maximum absolute atomic E-state index is 12.6. The van der Waals surface area contributed by atoms with E-state index in [-0.39, 0.29) is 23.6 Å². The number of nitrogens with zero attached hydrogens (tertiary/aromatic N) is 4. The summed E-state index contributed by atoms with van der Waals surface area (Å²) in [7, 11) is 0. The van der Waals surface area contributed by atoms with Crippen LogP contribution in [0.4, 0.5) is 0 Å². The summed E-state index contributed by atoms with van der Waals surface area (Å²) in [6.07, 6.45) is 2.89. The topological polar surface area (TPSA) is 81.8 Å². The third kappa shape index (κ3) is 3.45. The summed E-state index contributed by atoms with van der Waals surface area (Å²) in [5.74, 6) is -0.234. The zero-order chi connectivity index (χ0) is 18.2. The van der Waals surface area contributed by atoms with E-state index in [1.807, 2.05) is 52.0 Å². The molecule has 7 heteroatoms. The first-order chi connectivity index (χ1) is 11.8. The number of hydrogen-bond donors (Lipinski definition) is 1. The second kappa shape index (κ2) is 6.16. The van der Waals surface area contributed by atoms with E-state index < -0.39 is 0 Å². The van der Waals surface area contributed by atoms with Gasteiger partial charge < -0.3 is 5.32 Å². The maximum Gasteiger partial charge on any atom is 0.264 e. The summed E-state index contributed by atoms with van der Waals surface area (Å²) in [5.41, 5.74) is 1.74. The zero-order valence-electron chi connectivity index (χ0n) is 14.8. The molecule has 0 fully saturated rings. The third-order valence-corrected chi connectivity index (χ3v) is 3.73. The molecular formula is C18H21N5O2. The fourth-order valence-corrected chi connectivity index (χ4v) is 2.65. The van der Waals surface area contributed by atoms with Gasteiger partial charge in [0.25, 0.3) is 5.56 Å². The van der Waals surface area contributed by atoms with Crippen molar-refractivity contribution in [1.82, 2.24) is 24.6 Å². The molecule has 1 amide bonds. The second-order valence-corrected chi connectivity index (χ2v) is 7.06. The monoisotopic (exact) mass is 339 g/mol. The van der Waals surface area contributed by atoms with Gasteiger partial charge in [-0.3, -0.25) is 14.2 Å². The number of nitrogens with one attached hydrogen (secondary N) is 1. The molecule has 2 aromatic heterocycles. The Morgan fingerprint density at radius 3 is 2.64 bits per heavy atom. The number of carbonyl (C=O) groups excluding carboxylic acids is 1. The fraction of sp³-hybridized carbons (Fsp3) is 0.333. The lowest BCUT2D eigenvalue weighted by Gasteiger charge is -2.20. The molecule has 0 aliphatic heterocycles. The lowest BCUT2D eigenvalue weighted by molar-refractivity contribution is -0.123. The highest BCUT2D eigenvalue weighted by atomic mass is 16.2. The number of carbonyl (C=O) groups is 1. The Bertz CT molecular complexity index is 995. The number of fused-ring (bicyclic) bond motifs is 1. The van der Waals surface area contributed by atoms with Crippen molar-refractivity contribution in [3.8, 4) is 5.69 Å². The molecule has 2 heterocycles. The predicted molar refractivity (Wildman–Crippen MR) is 95.8 cm³/mol. The molecule has 0 aliphatic carbocycles. The molecule has 130 valence electrons. The summed E-state index contributed by atoms with van der Waals surface area (Å²) in [4.78, 5) is 29.1. The van der Waals surface area contributed by atoms with Gasteiger partial charge in [0.05, 0.1) is 11.9 Å². The molecule has 0 saturated carbocycles.